The maximum absolute atomic E-state index is 12.3. The van der Waals surface area contributed by atoms with E-state index in [1.165, 1.54) is 0 Å². The molecule has 0 spiro atoms. The van der Waals surface area contributed by atoms with Gasteiger partial charge < -0.3 is 15.7 Å². The number of hydrogen-bond acceptors (Lipinski definition) is 3. The number of benzene rings is 2. The van der Waals surface area contributed by atoms with E-state index in [1.54, 1.807) is 24.3 Å². The van der Waals surface area contributed by atoms with Crippen molar-refractivity contribution < 1.29 is 14.7 Å². The molecule has 5 heteroatoms. The average molecular weight is 338 g/mol. The molecule has 0 bridgehead atoms. The second kappa shape index (κ2) is 7.49. The lowest BCUT2D eigenvalue weighted by Gasteiger charge is -2.15. The van der Waals surface area contributed by atoms with Gasteiger partial charge in [-0.2, -0.15) is 0 Å². The standard InChI is InChI=1S/C20H22N2O3/c1-13-5-2-3-8-17(13)18(23)12-21-19(24)15-6-4-7-16(11-15)22-20(25)14-9-10-14/h2-8,11,14,18,23H,9-10,12H2,1H3,(H,21,24)(H,22,25). The van der Waals surface area contributed by atoms with Crippen LogP contribution in [0.3, 0.4) is 0 Å². The summed E-state index contributed by atoms with van der Waals surface area (Å²) < 4.78 is 0. The van der Waals surface area contributed by atoms with Crippen LogP contribution in [0, 0.1) is 12.8 Å². The molecule has 25 heavy (non-hydrogen) atoms. The normalized spacial score (nSPS) is 14.6. The van der Waals surface area contributed by atoms with Crippen LogP contribution in [0.25, 0.3) is 0 Å². The Kier molecular flexibility index (Phi) is 5.14. The highest BCUT2D eigenvalue weighted by atomic mass is 16.3. The quantitative estimate of drug-likeness (QED) is 0.758. The molecule has 1 unspecified atom stereocenters. The second-order valence-corrected chi connectivity index (χ2v) is 6.43. The molecule has 130 valence electrons. The van der Waals surface area contributed by atoms with Gasteiger partial charge in [0.1, 0.15) is 0 Å². The Hall–Kier alpha value is -2.66. The molecule has 3 rings (SSSR count). The van der Waals surface area contributed by atoms with Crippen LogP contribution in [-0.4, -0.2) is 23.5 Å². The van der Waals surface area contributed by atoms with Crippen molar-refractivity contribution in [1.82, 2.24) is 5.32 Å². The van der Waals surface area contributed by atoms with Gasteiger partial charge in [-0.25, -0.2) is 0 Å². The van der Waals surface area contributed by atoms with Crippen LogP contribution in [0.1, 0.15) is 40.4 Å². The van der Waals surface area contributed by atoms with Crippen LogP contribution < -0.4 is 10.6 Å². The molecule has 5 nitrogen and oxygen atoms in total. The van der Waals surface area contributed by atoms with E-state index in [0.29, 0.717) is 11.3 Å². The lowest BCUT2D eigenvalue weighted by Crippen LogP contribution is -2.28. The van der Waals surface area contributed by atoms with E-state index in [4.69, 9.17) is 0 Å². The number of carbonyl (C=O) groups is 2. The molecule has 1 aliphatic carbocycles. The SMILES string of the molecule is Cc1ccccc1C(O)CNC(=O)c1cccc(NC(=O)C2CC2)c1. The highest BCUT2D eigenvalue weighted by molar-refractivity contribution is 5.98. The first-order valence-electron chi connectivity index (χ1n) is 8.47. The van der Waals surface area contributed by atoms with Crippen molar-refractivity contribution in [2.24, 2.45) is 5.92 Å². The van der Waals surface area contributed by atoms with E-state index in [-0.39, 0.29) is 24.3 Å². The molecule has 0 radical (unpaired) electrons. The van der Waals surface area contributed by atoms with Crippen molar-refractivity contribution in [2.75, 3.05) is 11.9 Å². The topological polar surface area (TPSA) is 78.4 Å². The maximum Gasteiger partial charge on any atom is 0.251 e. The molecule has 0 aliphatic heterocycles. The fourth-order valence-electron chi connectivity index (χ4n) is 2.69. The first-order valence-corrected chi connectivity index (χ1v) is 8.47. The molecule has 1 aliphatic rings. The zero-order chi connectivity index (χ0) is 17.8. The molecule has 1 atom stereocenters. The summed E-state index contributed by atoms with van der Waals surface area (Å²) in [7, 11) is 0. The van der Waals surface area contributed by atoms with Gasteiger partial charge >= 0.3 is 0 Å². The highest BCUT2D eigenvalue weighted by Gasteiger charge is 2.29. The van der Waals surface area contributed by atoms with E-state index in [2.05, 4.69) is 10.6 Å². The van der Waals surface area contributed by atoms with Gasteiger partial charge in [0.05, 0.1) is 6.10 Å². The van der Waals surface area contributed by atoms with Gasteiger partial charge in [0, 0.05) is 23.7 Å². The molecular weight excluding hydrogens is 316 g/mol. The Morgan fingerprint density at radius 1 is 1.16 bits per heavy atom. The molecule has 3 N–H and O–H groups in total. The third-order valence-corrected chi connectivity index (χ3v) is 4.34. The summed E-state index contributed by atoms with van der Waals surface area (Å²) >= 11 is 0. The Morgan fingerprint density at radius 3 is 2.64 bits per heavy atom. The molecule has 0 saturated heterocycles. The number of aliphatic hydroxyl groups is 1. The van der Waals surface area contributed by atoms with Crippen molar-refractivity contribution in [2.45, 2.75) is 25.9 Å². The Morgan fingerprint density at radius 2 is 1.92 bits per heavy atom. The fourth-order valence-corrected chi connectivity index (χ4v) is 2.69. The third-order valence-electron chi connectivity index (χ3n) is 4.34. The number of amides is 2. The lowest BCUT2D eigenvalue weighted by molar-refractivity contribution is -0.117. The first-order chi connectivity index (χ1) is 12.0. The number of anilines is 1. The number of aliphatic hydroxyl groups excluding tert-OH is 1. The van der Waals surface area contributed by atoms with Gasteiger partial charge in [-0.3, -0.25) is 9.59 Å². The van der Waals surface area contributed by atoms with Crippen LogP contribution in [-0.2, 0) is 4.79 Å². The number of hydrogen-bond donors (Lipinski definition) is 3. The predicted octanol–water partition coefficient (Wildman–Crippen LogP) is 2.81. The molecule has 0 heterocycles. The minimum absolute atomic E-state index is 0.00698. The van der Waals surface area contributed by atoms with E-state index in [1.807, 2.05) is 31.2 Å². The van der Waals surface area contributed by atoms with Crippen molar-refractivity contribution in [3.8, 4) is 0 Å². The second-order valence-electron chi connectivity index (χ2n) is 6.43. The van der Waals surface area contributed by atoms with Crippen molar-refractivity contribution >= 4 is 17.5 Å². The molecular formula is C20H22N2O3. The maximum atomic E-state index is 12.3. The number of rotatable bonds is 6. The van der Waals surface area contributed by atoms with E-state index in [0.717, 1.165) is 24.0 Å². The average Bonchev–Trinajstić information content (AvgIpc) is 3.45. The Bertz CT molecular complexity index is 784. The first kappa shape index (κ1) is 17.2. The largest absolute Gasteiger partial charge is 0.387 e. The van der Waals surface area contributed by atoms with Crippen molar-refractivity contribution in [3.63, 3.8) is 0 Å². The summed E-state index contributed by atoms with van der Waals surface area (Å²) in [6.45, 7) is 2.05. The summed E-state index contributed by atoms with van der Waals surface area (Å²) in [5.41, 5.74) is 2.84. The van der Waals surface area contributed by atoms with Gasteiger partial charge in [-0.1, -0.05) is 30.3 Å². The zero-order valence-electron chi connectivity index (χ0n) is 14.2. The molecule has 2 aromatic carbocycles. The van der Waals surface area contributed by atoms with Gasteiger partial charge in [-0.15, -0.1) is 0 Å². The van der Waals surface area contributed by atoms with Gasteiger partial charge in [-0.05, 0) is 49.1 Å². The zero-order valence-corrected chi connectivity index (χ0v) is 14.2. The number of carbonyl (C=O) groups excluding carboxylic acids is 2. The summed E-state index contributed by atoms with van der Waals surface area (Å²) in [4.78, 5) is 24.1. The summed E-state index contributed by atoms with van der Waals surface area (Å²) in [6.07, 6.45) is 1.11. The van der Waals surface area contributed by atoms with Crippen LogP contribution in [0.5, 0.6) is 0 Å². The van der Waals surface area contributed by atoms with Crippen LogP contribution in [0.2, 0.25) is 0 Å². The molecule has 1 fully saturated rings. The van der Waals surface area contributed by atoms with Crippen LogP contribution in [0.4, 0.5) is 5.69 Å². The summed E-state index contributed by atoms with van der Waals surface area (Å²) in [5, 5.41) is 15.8. The van der Waals surface area contributed by atoms with E-state index >= 15 is 0 Å². The monoisotopic (exact) mass is 338 g/mol. The molecule has 1 saturated carbocycles. The van der Waals surface area contributed by atoms with E-state index in [9.17, 15) is 14.7 Å². The predicted molar refractivity (Wildman–Crippen MR) is 96.3 cm³/mol. The van der Waals surface area contributed by atoms with Crippen LogP contribution in [0.15, 0.2) is 48.5 Å². The summed E-state index contributed by atoms with van der Waals surface area (Å²) in [6, 6.07) is 14.4. The Balaban J connectivity index is 1.59. The lowest BCUT2D eigenvalue weighted by atomic mass is 10.0. The third kappa shape index (κ3) is 4.45. The minimum Gasteiger partial charge on any atom is -0.387 e. The van der Waals surface area contributed by atoms with Crippen LogP contribution >= 0.6 is 0 Å². The molecule has 0 aromatic heterocycles. The van der Waals surface area contributed by atoms with Gasteiger partial charge in [0.15, 0.2) is 0 Å². The summed E-state index contributed by atoms with van der Waals surface area (Å²) in [5.74, 6) is -0.163. The number of nitrogens with one attached hydrogen (secondary N) is 2. The molecule has 2 amide bonds. The Labute approximate surface area is 147 Å². The smallest absolute Gasteiger partial charge is 0.251 e. The minimum atomic E-state index is -0.761. The van der Waals surface area contributed by atoms with Gasteiger partial charge in [0.2, 0.25) is 5.91 Å². The molecule has 2 aromatic rings. The number of aryl methyl sites for hydroxylation is 1. The van der Waals surface area contributed by atoms with Gasteiger partial charge in [0.25, 0.3) is 5.91 Å². The van der Waals surface area contributed by atoms with Crippen molar-refractivity contribution in [3.05, 3.63) is 65.2 Å². The van der Waals surface area contributed by atoms with Crippen molar-refractivity contribution in [1.29, 1.82) is 0 Å². The van der Waals surface area contributed by atoms with E-state index < -0.39 is 6.10 Å². The highest BCUT2D eigenvalue weighted by Crippen LogP contribution is 2.30. The fraction of sp³-hybridized carbons (Fsp3) is 0.300.